The Kier molecular flexibility index (Phi) is 14.0. The van der Waals surface area contributed by atoms with Gasteiger partial charge in [-0.3, -0.25) is 0 Å². The van der Waals surface area contributed by atoms with E-state index in [0.717, 1.165) is 5.92 Å². The number of halogens is 4. The van der Waals surface area contributed by atoms with Gasteiger partial charge < -0.3 is 23.4 Å². The number of hydrogen-bond donors (Lipinski definition) is 1. The van der Waals surface area contributed by atoms with Crippen molar-refractivity contribution in [1.29, 1.82) is 0 Å². The van der Waals surface area contributed by atoms with Gasteiger partial charge in [-0.25, -0.2) is 0 Å². The van der Waals surface area contributed by atoms with Crippen molar-refractivity contribution >= 4 is 7.25 Å². The van der Waals surface area contributed by atoms with Gasteiger partial charge in [-0.1, -0.05) is 40.0 Å². The van der Waals surface area contributed by atoms with E-state index in [2.05, 4.69) is 20.8 Å². The molecule has 0 bridgehead atoms. The minimum absolute atomic E-state index is 0. The third kappa shape index (κ3) is 33.8. The largest absolute Gasteiger partial charge is 0.673 e. The van der Waals surface area contributed by atoms with Gasteiger partial charge in [0.25, 0.3) is 0 Å². The Labute approximate surface area is 77.6 Å². The maximum Gasteiger partial charge on any atom is 0.673 e. The minimum atomic E-state index is -6.00. The van der Waals surface area contributed by atoms with E-state index in [-0.39, 0.29) is 6.15 Å². The van der Waals surface area contributed by atoms with Gasteiger partial charge in [-0.15, -0.1) is 0 Å². The summed E-state index contributed by atoms with van der Waals surface area (Å²) in [5.74, 6) is 0.986. The highest BCUT2D eigenvalue weighted by Crippen LogP contribution is 2.10. The van der Waals surface area contributed by atoms with Gasteiger partial charge in [0, 0.05) is 0 Å². The van der Waals surface area contributed by atoms with Gasteiger partial charge in [0.15, 0.2) is 0 Å². The van der Waals surface area contributed by atoms with Crippen LogP contribution in [0.1, 0.15) is 40.0 Å². The van der Waals surface area contributed by atoms with Crippen LogP contribution < -0.4 is 6.15 Å². The van der Waals surface area contributed by atoms with Gasteiger partial charge in [-0.2, -0.15) is 0 Å². The predicted octanol–water partition coefficient (Wildman–Crippen LogP) is 4.51. The van der Waals surface area contributed by atoms with Crippen molar-refractivity contribution in [3.8, 4) is 0 Å². The second kappa shape index (κ2) is 9.83. The van der Waals surface area contributed by atoms with E-state index in [9.17, 15) is 17.3 Å². The molecule has 84 valence electrons. The number of quaternary nitrogens is 1. The molecule has 0 unspecified atom stereocenters. The molecule has 0 aromatic rings. The smallest absolute Gasteiger partial charge is 0.418 e. The molecule has 0 saturated carbocycles. The third-order valence-corrected chi connectivity index (χ3v) is 1.73. The van der Waals surface area contributed by atoms with Crippen molar-refractivity contribution in [3.05, 3.63) is 0 Å². The van der Waals surface area contributed by atoms with Gasteiger partial charge in [0.2, 0.25) is 0 Å². The van der Waals surface area contributed by atoms with Gasteiger partial charge in [-0.05, 0) is 5.92 Å². The fourth-order valence-corrected chi connectivity index (χ4v) is 0.866. The Morgan fingerprint density at radius 2 is 1.00 bits per heavy atom. The molecule has 0 saturated heterocycles. The van der Waals surface area contributed by atoms with Crippen LogP contribution in [-0.2, 0) is 0 Å². The van der Waals surface area contributed by atoms with Gasteiger partial charge in [0.1, 0.15) is 0 Å². The van der Waals surface area contributed by atoms with Crippen LogP contribution in [0.25, 0.3) is 0 Å². The fraction of sp³-hybridized carbons (Fsp3) is 1.00. The Morgan fingerprint density at radius 3 is 1.00 bits per heavy atom. The van der Waals surface area contributed by atoms with Gasteiger partial charge in [0.05, 0.1) is 0 Å². The molecule has 0 fully saturated rings. The lowest BCUT2D eigenvalue weighted by molar-refractivity contribution is 0.368. The molecule has 0 amide bonds. The normalized spacial score (nSPS) is 10.2. The third-order valence-electron chi connectivity index (χ3n) is 1.73. The molecular formula is C7H20BF4N. The number of rotatable bonds is 3. The second-order valence-corrected chi connectivity index (χ2v) is 2.59. The van der Waals surface area contributed by atoms with Crippen LogP contribution in [-0.4, -0.2) is 7.25 Å². The van der Waals surface area contributed by atoms with Crippen LogP contribution in [0.3, 0.4) is 0 Å². The molecule has 1 nitrogen and oxygen atoms in total. The lowest BCUT2D eigenvalue weighted by Crippen LogP contribution is -2.02. The molecule has 0 heterocycles. The zero-order chi connectivity index (χ0) is 10.2. The SMILES string of the molecule is CCC(CC)CC.F[B-](F)(F)F.[NH4+]. The quantitative estimate of drug-likeness (QED) is 0.519. The summed E-state index contributed by atoms with van der Waals surface area (Å²) in [6.07, 6.45) is 4.06. The number of hydrogen-bond acceptors (Lipinski definition) is 0. The van der Waals surface area contributed by atoms with Crippen molar-refractivity contribution in [1.82, 2.24) is 6.15 Å². The lowest BCUT2D eigenvalue weighted by Gasteiger charge is -2.05. The Balaban J connectivity index is -0.000000150. The van der Waals surface area contributed by atoms with Crippen LogP contribution in [0.2, 0.25) is 0 Å². The average molecular weight is 205 g/mol. The summed E-state index contributed by atoms with van der Waals surface area (Å²) in [6, 6.07) is 0. The fourth-order valence-electron chi connectivity index (χ4n) is 0.866. The molecule has 0 aromatic carbocycles. The topological polar surface area (TPSA) is 36.5 Å². The van der Waals surface area contributed by atoms with Crippen LogP contribution in [0.15, 0.2) is 0 Å². The zero-order valence-corrected chi connectivity index (χ0v) is 8.79. The summed E-state index contributed by atoms with van der Waals surface area (Å²) in [4.78, 5) is 0. The van der Waals surface area contributed by atoms with E-state index in [1.54, 1.807) is 0 Å². The highest BCUT2D eigenvalue weighted by atomic mass is 19.5. The zero-order valence-electron chi connectivity index (χ0n) is 8.79. The Bertz CT molecular complexity index is 81.5. The summed E-state index contributed by atoms with van der Waals surface area (Å²) in [5, 5.41) is 0. The molecule has 0 aliphatic rings. The first-order chi connectivity index (χ1) is 5.35. The second-order valence-electron chi connectivity index (χ2n) is 2.59. The summed E-state index contributed by atoms with van der Waals surface area (Å²) >= 11 is 0. The van der Waals surface area contributed by atoms with Gasteiger partial charge >= 0.3 is 7.25 Å². The first-order valence-corrected chi connectivity index (χ1v) is 4.22. The standard InChI is InChI=1S/C7H16.BF4.H3N/c1-4-7(5-2)6-3;2-1(3,4)5;/h7H,4-6H2,1-3H3;;1H3/q;-1;/p+1. The highest BCUT2D eigenvalue weighted by Gasteiger charge is 2.20. The molecule has 13 heavy (non-hydrogen) atoms. The van der Waals surface area contributed by atoms with Crippen LogP contribution in [0.4, 0.5) is 17.3 Å². The highest BCUT2D eigenvalue weighted by molar-refractivity contribution is 6.50. The Morgan fingerprint density at radius 1 is 0.846 bits per heavy atom. The molecule has 0 aliphatic heterocycles. The van der Waals surface area contributed by atoms with Crippen LogP contribution >= 0.6 is 0 Å². The van der Waals surface area contributed by atoms with Crippen molar-refractivity contribution in [2.45, 2.75) is 40.0 Å². The van der Waals surface area contributed by atoms with E-state index in [1.807, 2.05) is 0 Å². The summed E-state index contributed by atoms with van der Waals surface area (Å²) in [5.41, 5.74) is 0. The molecular weight excluding hydrogens is 185 g/mol. The van der Waals surface area contributed by atoms with Crippen molar-refractivity contribution in [2.24, 2.45) is 5.92 Å². The first kappa shape index (κ1) is 18.5. The molecule has 6 heteroatoms. The molecule has 4 N–H and O–H groups in total. The van der Waals surface area contributed by atoms with Crippen LogP contribution in [0, 0.1) is 5.92 Å². The molecule has 0 atom stereocenters. The minimum Gasteiger partial charge on any atom is -0.418 e. The molecule has 0 rings (SSSR count). The molecule has 0 spiro atoms. The molecule has 0 aromatic heterocycles. The van der Waals surface area contributed by atoms with E-state index in [1.165, 1.54) is 19.3 Å². The molecule has 0 radical (unpaired) electrons. The maximum absolute atomic E-state index is 9.75. The summed E-state index contributed by atoms with van der Waals surface area (Å²) in [6.45, 7) is 6.78. The monoisotopic (exact) mass is 205 g/mol. The van der Waals surface area contributed by atoms with E-state index < -0.39 is 7.25 Å². The maximum atomic E-state index is 9.75. The Hall–Kier alpha value is -0.255. The van der Waals surface area contributed by atoms with Crippen molar-refractivity contribution in [3.63, 3.8) is 0 Å². The van der Waals surface area contributed by atoms with E-state index >= 15 is 0 Å². The van der Waals surface area contributed by atoms with Crippen LogP contribution in [0.5, 0.6) is 0 Å². The van der Waals surface area contributed by atoms with Crippen molar-refractivity contribution < 1.29 is 17.3 Å². The van der Waals surface area contributed by atoms with Crippen molar-refractivity contribution in [2.75, 3.05) is 0 Å². The first-order valence-electron chi connectivity index (χ1n) is 4.22. The lowest BCUT2D eigenvalue weighted by atomic mass is 10.0. The predicted molar refractivity (Wildman–Crippen MR) is 50.5 cm³/mol. The summed E-state index contributed by atoms with van der Waals surface area (Å²) in [7, 11) is -6.00. The van der Waals surface area contributed by atoms with E-state index in [4.69, 9.17) is 0 Å². The average Bonchev–Trinajstić information content (AvgIpc) is 1.88. The molecule has 0 aliphatic carbocycles. The van der Waals surface area contributed by atoms with E-state index in [0.29, 0.717) is 0 Å². The summed E-state index contributed by atoms with van der Waals surface area (Å²) < 4.78 is 39.0.